The number of hydrogen-bond donors (Lipinski definition) is 10. The fraction of sp³-hybridized carbons (Fsp3) is 0.923. The van der Waals surface area contributed by atoms with Crippen LogP contribution in [0.15, 0.2) is 11.6 Å². The first-order valence-electron chi connectivity index (χ1n) is 26.1. The molecule has 0 bridgehead atoms. The number of esters is 2. The van der Waals surface area contributed by atoms with Crippen LogP contribution >= 0.6 is 0 Å². The van der Waals surface area contributed by atoms with Crippen LogP contribution in [0.25, 0.3) is 0 Å². The number of hydrogen-bond acceptors (Lipinski definition) is 20. The first-order valence-corrected chi connectivity index (χ1v) is 26.1. The Hall–Kier alpha value is -1.96. The minimum absolute atomic E-state index is 0.0766. The molecule has 72 heavy (non-hydrogen) atoms. The number of aliphatic hydroxyl groups excluding tert-OH is 10. The second kappa shape index (κ2) is 20.1. The monoisotopic (exact) mass is 1030 g/mol. The van der Waals surface area contributed by atoms with Crippen LogP contribution in [0.5, 0.6) is 0 Å². The van der Waals surface area contributed by atoms with E-state index in [4.69, 9.17) is 37.9 Å². The Labute approximate surface area is 422 Å². The van der Waals surface area contributed by atoms with Crippen molar-refractivity contribution in [2.24, 2.45) is 50.2 Å². The van der Waals surface area contributed by atoms with Crippen molar-refractivity contribution in [1.29, 1.82) is 0 Å². The van der Waals surface area contributed by atoms with Crippen molar-refractivity contribution >= 4 is 11.9 Å². The lowest BCUT2D eigenvalue weighted by atomic mass is 9.33. The molecule has 8 rings (SSSR count). The summed E-state index contributed by atoms with van der Waals surface area (Å²) in [5, 5.41) is 110. The van der Waals surface area contributed by atoms with E-state index in [0.717, 1.165) is 25.7 Å². The summed E-state index contributed by atoms with van der Waals surface area (Å²) in [6.07, 6.45) is -18.0. The Morgan fingerprint density at radius 2 is 1.33 bits per heavy atom. The summed E-state index contributed by atoms with van der Waals surface area (Å²) in [5.74, 6) is -1.32. The van der Waals surface area contributed by atoms with Crippen LogP contribution < -0.4 is 0 Å². The molecule has 0 unspecified atom stereocenters. The Balaban J connectivity index is 1.08. The molecule has 4 saturated carbocycles. The first-order chi connectivity index (χ1) is 33.5. The number of allylic oxidation sites excluding steroid dienone is 2. The van der Waals surface area contributed by atoms with Gasteiger partial charge in [0.1, 0.15) is 67.1 Å². The van der Waals surface area contributed by atoms with Crippen molar-refractivity contribution in [3.63, 3.8) is 0 Å². The van der Waals surface area contributed by atoms with Gasteiger partial charge in [0.25, 0.3) is 0 Å². The molecule has 0 spiro atoms. The van der Waals surface area contributed by atoms with E-state index >= 15 is 0 Å². The summed E-state index contributed by atoms with van der Waals surface area (Å²) in [7, 11) is 1.18. The van der Waals surface area contributed by atoms with Gasteiger partial charge in [0.05, 0.1) is 56.6 Å². The fourth-order valence-electron chi connectivity index (χ4n) is 15.9. The zero-order valence-electron chi connectivity index (χ0n) is 43.5. The van der Waals surface area contributed by atoms with Crippen molar-refractivity contribution in [2.45, 2.75) is 231 Å². The molecule has 0 aromatic rings. The van der Waals surface area contributed by atoms with Gasteiger partial charge in [0.2, 0.25) is 0 Å². The van der Waals surface area contributed by atoms with Crippen molar-refractivity contribution in [1.82, 2.24) is 0 Å². The second-order valence-corrected chi connectivity index (χ2v) is 24.9. The largest absolute Gasteiger partial charge is 0.469 e. The van der Waals surface area contributed by atoms with Gasteiger partial charge in [-0.15, -0.1) is 0 Å². The van der Waals surface area contributed by atoms with Gasteiger partial charge in [-0.25, -0.2) is 0 Å². The Morgan fingerprint density at radius 1 is 0.694 bits per heavy atom. The molecule has 7 fully saturated rings. The predicted octanol–water partition coefficient (Wildman–Crippen LogP) is 0.725. The zero-order valence-corrected chi connectivity index (χ0v) is 43.5. The number of aliphatic hydroxyl groups is 10. The van der Waals surface area contributed by atoms with E-state index in [-0.39, 0.29) is 40.6 Å². The molecule has 10 N–H and O–H groups in total. The summed E-state index contributed by atoms with van der Waals surface area (Å²) >= 11 is 0. The highest BCUT2D eigenvalue weighted by atomic mass is 16.7. The SMILES string of the molecule is COC(=O)C[C@H]1O[C@@H](O[C@H]2CC[C@]3(C)[C@H]4CC=C5[C@@H]6CC(C)(C)C[C@H](O)[C@]6(CO[C@@H]6O[C@@H](C)[C@H](O)[C@@H](O)[C@H]6O)[C@@H](OC(C)=O)C[C@@]5(C)[C@]4(C)CC[C@H]3C2(C)C)[C@H](O)[C@@H](O[C@@H]2O[C@H](CO)[C@@H](O)[C@H](O)[C@H]2O)[C@@H]1O. The molecular formula is C52H84O20. The number of ether oxygens (including phenoxy) is 8. The first kappa shape index (κ1) is 56.2. The smallest absolute Gasteiger partial charge is 0.308 e. The van der Waals surface area contributed by atoms with Crippen LogP contribution in [0.1, 0.15) is 120 Å². The van der Waals surface area contributed by atoms with Crippen molar-refractivity contribution in [2.75, 3.05) is 20.3 Å². The van der Waals surface area contributed by atoms with E-state index in [2.05, 4.69) is 54.5 Å². The Kier molecular flexibility index (Phi) is 15.7. The molecule has 20 nitrogen and oxygen atoms in total. The summed E-state index contributed by atoms with van der Waals surface area (Å²) in [6, 6.07) is 0. The topological polar surface area (TPSA) is 310 Å². The van der Waals surface area contributed by atoms with E-state index < -0.39 is 152 Å². The number of fused-ring (bicyclic) bond motifs is 7. The third-order valence-electron chi connectivity index (χ3n) is 20.1. The van der Waals surface area contributed by atoms with E-state index in [1.165, 1.54) is 19.6 Å². The van der Waals surface area contributed by atoms with Crippen molar-refractivity contribution in [3.05, 3.63) is 11.6 Å². The van der Waals surface area contributed by atoms with Gasteiger partial charge in [0, 0.05) is 6.92 Å². The minimum atomic E-state index is -1.84. The van der Waals surface area contributed by atoms with Crippen molar-refractivity contribution < 1.29 is 98.5 Å². The standard InChI is InChI=1S/C52H84O20/c1-23-35(57)38(60)40(62)44(67-23)66-22-52-26(18-47(3,4)19-31(52)55)25-11-12-30-49(7)15-14-32(48(5,6)29(49)13-16-50(30,8)51(25,9)20-33(52)68-24(2)54)71-46-42(64)43(37(59)27(69-46)17-34(56)65-10)72-45-41(63)39(61)36(58)28(21-53)70-45/h11,23,26-33,35-46,53,55,57-64H,12-22H2,1-10H3/t23-,26-,27+,28+,29-,30+,31-,32-,33-,35-,36+,37+,38+,39-,40+,41+,42+,43-,44+,45-,46-,49-,50+,51+,52+/m0/s1. The molecule has 3 saturated heterocycles. The lowest BCUT2D eigenvalue weighted by molar-refractivity contribution is -0.368. The number of carbonyl (C=O) groups excluding carboxylic acids is 2. The second-order valence-electron chi connectivity index (χ2n) is 24.9. The fourth-order valence-corrected chi connectivity index (χ4v) is 15.9. The van der Waals surface area contributed by atoms with Gasteiger partial charge in [-0.3, -0.25) is 9.59 Å². The van der Waals surface area contributed by atoms with Crippen LogP contribution in [0, 0.1) is 50.2 Å². The van der Waals surface area contributed by atoms with Crippen LogP contribution in [-0.2, 0) is 47.5 Å². The van der Waals surface area contributed by atoms with Gasteiger partial charge in [-0.05, 0) is 103 Å². The van der Waals surface area contributed by atoms with Crippen LogP contribution in [0.3, 0.4) is 0 Å². The van der Waals surface area contributed by atoms with Gasteiger partial charge in [-0.1, -0.05) is 60.1 Å². The van der Waals surface area contributed by atoms with Crippen LogP contribution in [0.2, 0.25) is 0 Å². The summed E-state index contributed by atoms with van der Waals surface area (Å²) < 4.78 is 48.0. The predicted molar refractivity (Wildman–Crippen MR) is 250 cm³/mol. The molecule has 3 heterocycles. The molecule has 20 heteroatoms. The summed E-state index contributed by atoms with van der Waals surface area (Å²) in [6.45, 7) is 17.7. The third kappa shape index (κ3) is 9.13. The number of rotatable bonds is 11. The molecule has 0 aromatic heterocycles. The van der Waals surface area contributed by atoms with Gasteiger partial charge in [-0.2, -0.15) is 0 Å². The number of methoxy groups -OCH3 is 1. The number of carbonyl (C=O) groups is 2. The van der Waals surface area contributed by atoms with Gasteiger partial charge >= 0.3 is 11.9 Å². The zero-order chi connectivity index (χ0) is 53.0. The van der Waals surface area contributed by atoms with E-state index in [9.17, 15) is 60.7 Å². The van der Waals surface area contributed by atoms with E-state index in [1.54, 1.807) is 6.92 Å². The molecule has 0 aromatic carbocycles. The molecule has 412 valence electrons. The van der Waals surface area contributed by atoms with Gasteiger partial charge in [0.15, 0.2) is 18.9 Å². The average molecular weight is 1030 g/mol. The van der Waals surface area contributed by atoms with Crippen LogP contribution in [-0.4, -0.2) is 194 Å². The highest BCUT2D eigenvalue weighted by molar-refractivity contribution is 5.70. The van der Waals surface area contributed by atoms with Gasteiger partial charge < -0.3 is 89.0 Å². The van der Waals surface area contributed by atoms with Crippen molar-refractivity contribution in [3.8, 4) is 0 Å². The lowest BCUT2D eigenvalue weighted by Crippen LogP contribution is -2.70. The maximum absolute atomic E-state index is 13.2. The quantitative estimate of drug-likeness (QED) is 0.0775. The normalized spacial score (nSPS) is 51.8. The highest BCUT2D eigenvalue weighted by Gasteiger charge is 2.72. The van der Waals surface area contributed by atoms with Crippen LogP contribution in [0.4, 0.5) is 0 Å². The van der Waals surface area contributed by atoms with E-state index in [0.29, 0.717) is 25.7 Å². The molecule has 25 atom stereocenters. The Morgan fingerprint density at radius 3 is 1.99 bits per heavy atom. The summed E-state index contributed by atoms with van der Waals surface area (Å²) in [5.41, 5.74) is -1.93. The Bertz CT molecular complexity index is 2000. The molecule has 3 aliphatic heterocycles. The average Bonchev–Trinajstić information content (AvgIpc) is 3.30. The molecular weight excluding hydrogens is 945 g/mol. The maximum atomic E-state index is 13.2. The molecule has 0 amide bonds. The summed E-state index contributed by atoms with van der Waals surface area (Å²) in [4.78, 5) is 25.8. The molecule has 8 aliphatic rings. The molecule has 0 radical (unpaired) electrons. The third-order valence-corrected chi connectivity index (χ3v) is 20.1. The highest BCUT2D eigenvalue weighted by Crippen LogP contribution is 2.76. The molecule has 5 aliphatic carbocycles. The minimum Gasteiger partial charge on any atom is -0.469 e. The lowest BCUT2D eigenvalue weighted by Gasteiger charge is -2.72. The maximum Gasteiger partial charge on any atom is 0.308 e. The van der Waals surface area contributed by atoms with E-state index in [1.807, 2.05) is 0 Å².